The van der Waals surface area contributed by atoms with Crippen LogP contribution in [0.5, 0.6) is 0 Å². The van der Waals surface area contributed by atoms with Gasteiger partial charge in [0.2, 0.25) is 0 Å². The lowest BCUT2D eigenvalue weighted by atomic mass is 9.83. The smallest absolute Gasteiger partial charge is 0.0685 e. The number of benzene rings is 1. The molecule has 1 aromatic rings. The highest BCUT2D eigenvalue weighted by atomic mass is 35.5. The summed E-state index contributed by atoms with van der Waals surface area (Å²) in [6.07, 6.45) is 1.46. The number of aliphatic hydroxyl groups is 1. The van der Waals surface area contributed by atoms with Gasteiger partial charge in [-0.3, -0.25) is 0 Å². The number of hydrogen-bond acceptors (Lipinski definition) is 1. The Morgan fingerprint density at radius 3 is 2.56 bits per heavy atom. The molecule has 1 N–H and O–H groups in total. The predicted octanol–water partition coefficient (Wildman–Crippen LogP) is 4.33. The standard InChI is InChI=1S/C13H18Cl2O/c1-4-9(2)13(3,16)8-10-6-5-7-11(14)12(10)15/h5-7,9,16H,4,8H2,1-3H3. The highest BCUT2D eigenvalue weighted by Crippen LogP contribution is 2.31. The molecule has 0 saturated carbocycles. The average Bonchev–Trinajstić information content (AvgIpc) is 2.23. The summed E-state index contributed by atoms with van der Waals surface area (Å²) in [5, 5.41) is 11.4. The molecule has 16 heavy (non-hydrogen) atoms. The van der Waals surface area contributed by atoms with E-state index in [9.17, 15) is 5.11 Å². The molecule has 0 aliphatic rings. The summed E-state index contributed by atoms with van der Waals surface area (Å²) in [6.45, 7) is 5.95. The van der Waals surface area contributed by atoms with Crippen molar-refractivity contribution in [1.82, 2.24) is 0 Å². The van der Waals surface area contributed by atoms with Gasteiger partial charge in [-0.1, -0.05) is 55.6 Å². The fourth-order valence-corrected chi connectivity index (χ4v) is 2.07. The highest BCUT2D eigenvalue weighted by molar-refractivity contribution is 6.42. The molecule has 0 aromatic heterocycles. The SMILES string of the molecule is CCC(C)C(C)(O)Cc1cccc(Cl)c1Cl. The van der Waals surface area contributed by atoms with Crippen LogP contribution in [0, 0.1) is 5.92 Å². The molecular formula is C13H18Cl2O. The molecule has 1 aromatic carbocycles. The van der Waals surface area contributed by atoms with E-state index in [2.05, 4.69) is 6.92 Å². The molecule has 0 radical (unpaired) electrons. The van der Waals surface area contributed by atoms with Crippen LogP contribution in [0.25, 0.3) is 0 Å². The number of hydrogen-bond donors (Lipinski definition) is 1. The van der Waals surface area contributed by atoms with Crippen molar-refractivity contribution >= 4 is 23.2 Å². The lowest BCUT2D eigenvalue weighted by molar-refractivity contribution is 0.00519. The van der Waals surface area contributed by atoms with E-state index in [4.69, 9.17) is 23.2 Å². The Morgan fingerprint density at radius 2 is 2.00 bits per heavy atom. The van der Waals surface area contributed by atoms with Gasteiger partial charge in [-0.05, 0) is 24.5 Å². The molecule has 1 rings (SSSR count). The van der Waals surface area contributed by atoms with Gasteiger partial charge in [0.15, 0.2) is 0 Å². The van der Waals surface area contributed by atoms with Crippen LogP contribution in [0.3, 0.4) is 0 Å². The van der Waals surface area contributed by atoms with Crippen molar-refractivity contribution in [3.63, 3.8) is 0 Å². The first-order valence-electron chi connectivity index (χ1n) is 5.53. The Balaban J connectivity index is 2.92. The Hall–Kier alpha value is -0.240. The summed E-state index contributed by atoms with van der Waals surface area (Å²) in [5.74, 6) is 0.225. The van der Waals surface area contributed by atoms with Crippen molar-refractivity contribution in [3.8, 4) is 0 Å². The first-order valence-corrected chi connectivity index (χ1v) is 6.29. The quantitative estimate of drug-likeness (QED) is 0.855. The molecule has 0 heterocycles. The van der Waals surface area contributed by atoms with Gasteiger partial charge in [-0.2, -0.15) is 0 Å². The molecule has 0 amide bonds. The van der Waals surface area contributed by atoms with Crippen LogP contribution in [0.4, 0.5) is 0 Å². The van der Waals surface area contributed by atoms with E-state index in [0.29, 0.717) is 16.5 Å². The summed E-state index contributed by atoms with van der Waals surface area (Å²) >= 11 is 12.0. The molecule has 0 fully saturated rings. The molecule has 90 valence electrons. The lowest BCUT2D eigenvalue weighted by Crippen LogP contribution is -2.35. The zero-order chi connectivity index (χ0) is 12.3. The summed E-state index contributed by atoms with van der Waals surface area (Å²) < 4.78 is 0. The van der Waals surface area contributed by atoms with E-state index in [1.807, 2.05) is 26.0 Å². The van der Waals surface area contributed by atoms with Crippen molar-refractivity contribution in [1.29, 1.82) is 0 Å². The van der Waals surface area contributed by atoms with Gasteiger partial charge in [-0.25, -0.2) is 0 Å². The molecule has 1 nitrogen and oxygen atoms in total. The minimum atomic E-state index is -0.747. The molecule has 2 atom stereocenters. The van der Waals surface area contributed by atoms with Crippen molar-refractivity contribution in [2.45, 2.75) is 39.2 Å². The molecule has 0 aliphatic heterocycles. The Bertz CT molecular complexity index is 361. The van der Waals surface area contributed by atoms with Gasteiger partial charge < -0.3 is 5.11 Å². The fraction of sp³-hybridized carbons (Fsp3) is 0.538. The van der Waals surface area contributed by atoms with Crippen molar-refractivity contribution in [2.24, 2.45) is 5.92 Å². The summed E-state index contributed by atoms with van der Waals surface area (Å²) in [5.41, 5.74) is 0.155. The van der Waals surface area contributed by atoms with Crippen LogP contribution < -0.4 is 0 Å². The van der Waals surface area contributed by atoms with Gasteiger partial charge in [-0.15, -0.1) is 0 Å². The summed E-state index contributed by atoms with van der Waals surface area (Å²) in [4.78, 5) is 0. The topological polar surface area (TPSA) is 20.2 Å². The third-order valence-electron chi connectivity index (χ3n) is 3.25. The third kappa shape index (κ3) is 3.13. The van der Waals surface area contributed by atoms with Crippen LogP contribution >= 0.6 is 23.2 Å². The second-order valence-electron chi connectivity index (χ2n) is 4.56. The van der Waals surface area contributed by atoms with E-state index in [1.54, 1.807) is 6.07 Å². The second kappa shape index (κ2) is 5.39. The zero-order valence-electron chi connectivity index (χ0n) is 9.93. The van der Waals surface area contributed by atoms with E-state index in [-0.39, 0.29) is 5.92 Å². The summed E-state index contributed by atoms with van der Waals surface area (Å²) in [6, 6.07) is 5.52. The molecule has 0 spiro atoms. The maximum Gasteiger partial charge on any atom is 0.0685 e. The van der Waals surface area contributed by atoms with Gasteiger partial charge in [0, 0.05) is 6.42 Å². The van der Waals surface area contributed by atoms with Gasteiger partial charge >= 0.3 is 0 Å². The fourth-order valence-electron chi connectivity index (χ4n) is 1.68. The largest absolute Gasteiger partial charge is 0.390 e. The number of halogens is 2. The Morgan fingerprint density at radius 1 is 1.38 bits per heavy atom. The van der Waals surface area contributed by atoms with Gasteiger partial charge in [0.1, 0.15) is 0 Å². The van der Waals surface area contributed by atoms with E-state index >= 15 is 0 Å². The predicted molar refractivity (Wildman–Crippen MR) is 70.2 cm³/mol. The lowest BCUT2D eigenvalue weighted by Gasteiger charge is -2.30. The molecule has 0 saturated heterocycles. The van der Waals surface area contributed by atoms with Crippen LogP contribution in [-0.4, -0.2) is 10.7 Å². The Kier molecular flexibility index (Phi) is 4.66. The molecule has 3 heteroatoms. The van der Waals surface area contributed by atoms with Crippen LogP contribution in [0.1, 0.15) is 32.8 Å². The average molecular weight is 261 g/mol. The van der Waals surface area contributed by atoms with E-state index < -0.39 is 5.60 Å². The summed E-state index contributed by atoms with van der Waals surface area (Å²) in [7, 11) is 0. The maximum atomic E-state index is 10.4. The minimum Gasteiger partial charge on any atom is -0.390 e. The Labute approximate surface area is 107 Å². The van der Waals surface area contributed by atoms with Crippen molar-refractivity contribution in [3.05, 3.63) is 33.8 Å². The van der Waals surface area contributed by atoms with E-state index in [1.165, 1.54) is 0 Å². The third-order valence-corrected chi connectivity index (χ3v) is 4.11. The molecular weight excluding hydrogens is 243 g/mol. The maximum absolute atomic E-state index is 10.4. The van der Waals surface area contributed by atoms with E-state index in [0.717, 1.165) is 12.0 Å². The highest BCUT2D eigenvalue weighted by Gasteiger charge is 2.28. The first kappa shape index (κ1) is 13.8. The number of rotatable bonds is 4. The van der Waals surface area contributed by atoms with Gasteiger partial charge in [0.05, 0.1) is 15.6 Å². The molecule has 0 bridgehead atoms. The monoisotopic (exact) mass is 260 g/mol. The molecule has 2 unspecified atom stereocenters. The van der Waals surface area contributed by atoms with Gasteiger partial charge in [0.25, 0.3) is 0 Å². The normalized spacial score (nSPS) is 16.9. The van der Waals surface area contributed by atoms with Crippen LogP contribution in [0.15, 0.2) is 18.2 Å². The van der Waals surface area contributed by atoms with Crippen molar-refractivity contribution in [2.75, 3.05) is 0 Å². The second-order valence-corrected chi connectivity index (χ2v) is 5.34. The van der Waals surface area contributed by atoms with Crippen LogP contribution in [-0.2, 0) is 6.42 Å². The van der Waals surface area contributed by atoms with Crippen molar-refractivity contribution < 1.29 is 5.11 Å². The zero-order valence-corrected chi connectivity index (χ0v) is 11.4. The minimum absolute atomic E-state index is 0.225. The van der Waals surface area contributed by atoms with Crippen LogP contribution in [0.2, 0.25) is 10.0 Å². The molecule has 0 aliphatic carbocycles. The first-order chi connectivity index (χ1) is 7.38.